The molecule has 4 rings (SSSR count). The lowest BCUT2D eigenvalue weighted by atomic mass is 10.2. The topological polar surface area (TPSA) is 66.2 Å². The minimum absolute atomic E-state index is 0.246. The monoisotopic (exact) mass is 318 g/mol. The van der Waals surface area contributed by atoms with Gasteiger partial charge in [0.1, 0.15) is 22.5 Å². The van der Waals surface area contributed by atoms with Crippen molar-refractivity contribution in [2.75, 3.05) is 0 Å². The van der Waals surface area contributed by atoms with Crippen molar-refractivity contribution in [2.24, 2.45) is 0 Å². The molecule has 0 atom stereocenters. The SMILES string of the molecule is Cc1ccc2cccc(O)c2n1.Cc1ccc2cccc(O)c2n1. The maximum Gasteiger partial charge on any atom is 0.141 e. The van der Waals surface area contributed by atoms with E-state index in [0.717, 1.165) is 22.2 Å². The van der Waals surface area contributed by atoms with E-state index in [1.54, 1.807) is 12.1 Å². The number of aromatic hydroxyl groups is 2. The summed E-state index contributed by atoms with van der Waals surface area (Å²) in [6, 6.07) is 18.6. The summed E-state index contributed by atoms with van der Waals surface area (Å²) in [5, 5.41) is 20.8. The molecule has 0 amide bonds. The van der Waals surface area contributed by atoms with Crippen molar-refractivity contribution >= 4 is 21.8 Å². The molecule has 0 aliphatic heterocycles. The molecule has 4 nitrogen and oxygen atoms in total. The molecule has 0 saturated heterocycles. The van der Waals surface area contributed by atoms with Crippen LogP contribution in [0.25, 0.3) is 21.8 Å². The Morgan fingerprint density at radius 3 is 1.42 bits per heavy atom. The molecule has 2 aromatic heterocycles. The summed E-state index contributed by atoms with van der Waals surface area (Å²) in [5.41, 5.74) is 3.20. The molecule has 2 aromatic carbocycles. The van der Waals surface area contributed by atoms with Gasteiger partial charge in [-0.05, 0) is 38.1 Å². The second-order valence-electron chi connectivity index (χ2n) is 5.60. The lowest BCUT2D eigenvalue weighted by Gasteiger charge is -1.99. The van der Waals surface area contributed by atoms with Crippen LogP contribution < -0.4 is 0 Å². The van der Waals surface area contributed by atoms with Crippen molar-refractivity contribution in [2.45, 2.75) is 13.8 Å². The van der Waals surface area contributed by atoms with Crippen LogP contribution in [-0.2, 0) is 0 Å². The number of rotatable bonds is 0. The fraction of sp³-hybridized carbons (Fsp3) is 0.100. The summed E-state index contributed by atoms with van der Waals surface area (Å²) < 4.78 is 0. The van der Waals surface area contributed by atoms with Crippen LogP contribution in [0.3, 0.4) is 0 Å². The standard InChI is InChI=1S/2C10H9NO/c2*1-7-5-6-8-3-2-4-9(12)10(8)11-7/h2*2-6,12H,1H3. The molecule has 0 bridgehead atoms. The molecule has 0 aliphatic rings. The third kappa shape index (κ3) is 3.27. The van der Waals surface area contributed by atoms with E-state index in [-0.39, 0.29) is 11.5 Å². The molecule has 0 aliphatic carbocycles. The predicted octanol–water partition coefficient (Wildman–Crippen LogP) is 4.50. The number of hydrogen-bond acceptors (Lipinski definition) is 4. The Balaban J connectivity index is 0.000000141. The molecule has 2 heterocycles. The summed E-state index contributed by atoms with van der Waals surface area (Å²) >= 11 is 0. The first kappa shape index (κ1) is 15.7. The minimum atomic E-state index is 0.246. The Hall–Kier alpha value is -3.14. The minimum Gasteiger partial charge on any atom is -0.506 e. The van der Waals surface area contributed by atoms with Gasteiger partial charge in [0, 0.05) is 22.2 Å². The molecule has 0 radical (unpaired) electrons. The van der Waals surface area contributed by atoms with Gasteiger partial charge < -0.3 is 10.2 Å². The fourth-order valence-corrected chi connectivity index (χ4v) is 2.46. The number of para-hydroxylation sites is 2. The van der Waals surface area contributed by atoms with Crippen molar-refractivity contribution in [3.8, 4) is 11.5 Å². The molecule has 2 N–H and O–H groups in total. The van der Waals surface area contributed by atoms with Crippen molar-refractivity contribution < 1.29 is 10.2 Å². The molecule has 0 saturated carbocycles. The van der Waals surface area contributed by atoms with Gasteiger partial charge in [-0.15, -0.1) is 0 Å². The number of benzene rings is 2. The Labute approximate surface area is 140 Å². The number of fused-ring (bicyclic) bond motifs is 2. The van der Waals surface area contributed by atoms with Gasteiger partial charge in [-0.1, -0.05) is 36.4 Å². The van der Waals surface area contributed by atoms with E-state index in [2.05, 4.69) is 9.97 Å². The lowest BCUT2D eigenvalue weighted by Crippen LogP contribution is -1.82. The number of phenols is 2. The number of phenolic OH excluding ortho intramolecular Hbond substituents is 2. The highest BCUT2D eigenvalue weighted by Gasteiger charge is 1.99. The van der Waals surface area contributed by atoms with E-state index in [1.807, 2.05) is 62.4 Å². The number of nitrogens with zero attached hydrogens (tertiary/aromatic N) is 2. The van der Waals surface area contributed by atoms with Crippen molar-refractivity contribution in [3.05, 3.63) is 72.1 Å². The van der Waals surface area contributed by atoms with Gasteiger partial charge in [-0.3, -0.25) is 0 Å². The summed E-state index contributed by atoms with van der Waals surface area (Å²) in [7, 11) is 0. The Kier molecular flexibility index (Phi) is 4.29. The number of pyridine rings is 2. The average Bonchev–Trinajstić information content (AvgIpc) is 2.57. The lowest BCUT2D eigenvalue weighted by molar-refractivity contribution is 0.480. The van der Waals surface area contributed by atoms with Crippen LogP contribution in [0.4, 0.5) is 0 Å². The third-order valence-corrected chi connectivity index (χ3v) is 3.68. The average molecular weight is 318 g/mol. The molecular formula is C20H18N2O2. The normalized spacial score (nSPS) is 10.4. The molecule has 0 fully saturated rings. The first-order valence-corrected chi connectivity index (χ1v) is 7.65. The second-order valence-corrected chi connectivity index (χ2v) is 5.60. The number of hydrogen-bond donors (Lipinski definition) is 2. The largest absolute Gasteiger partial charge is 0.506 e. The first-order chi connectivity index (χ1) is 11.5. The van der Waals surface area contributed by atoms with Crippen LogP contribution in [0.5, 0.6) is 11.5 Å². The van der Waals surface area contributed by atoms with Gasteiger partial charge >= 0.3 is 0 Å². The van der Waals surface area contributed by atoms with Crippen LogP contribution in [0.1, 0.15) is 11.4 Å². The highest BCUT2D eigenvalue weighted by molar-refractivity contribution is 5.84. The smallest absolute Gasteiger partial charge is 0.141 e. The maximum absolute atomic E-state index is 9.43. The highest BCUT2D eigenvalue weighted by Crippen LogP contribution is 2.22. The quantitative estimate of drug-likeness (QED) is 0.501. The summed E-state index contributed by atoms with van der Waals surface area (Å²) in [6.07, 6.45) is 0. The van der Waals surface area contributed by atoms with E-state index in [4.69, 9.17) is 0 Å². The zero-order chi connectivity index (χ0) is 17.1. The van der Waals surface area contributed by atoms with E-state index in [1.165, 1.54) is 0 Å². The van der Waals surface area contributed by atoms with Gasteiger partial charge in [0.25, 0.3) is 0 Å². The van der Waals surface area contributed by atoms with Crippen molar-refractivity contribution in [1.29, 1.82) is 0 Å². The van der Waals surface area contributed by atoms with Gasteiger partial charge in [-0.25, -0.2) is 9.97 Å². The Morgan fingerprint density at radius 1 is 0.583 bits per heavy atom. The summed E-state index contributed by atoms with van der Waals surface area (Å²) in [4.78, 5) is 8.45. The van der Waals surface area contributed by atoms with Gasteiger partial charge in [0.2, 0.25) is 0 Å². The van der Waals surface area contributed by atoms with Gasteiger partial charge in [0.15, 0.2) is 0 Å². The predicted molar refractivity (Wildman–Crippen MR) is 96.3 cm³/mol. The molecule has 24 heavy (non-hydrogen) atoms. The van der Waals surface area contributed by atoms with E-state index >= 15 is 0 Å². The van der Waals surface area contributed by atoms with Crippen LogP contribution in [0.2, 0.25) is 0 Å². The highest BCUT2D eigenvalue weighted by atomic mass is 16.3. The zero-order valence-electron chi connectivity index (χ0n) is 13.6. The molecule has 4 heteroatoms. The van der Waals surface area contributed by atoms with Crippen molar-refractivity contribution in [1.82, 2.24) is 9.97 Å². The third-order valence-electron chi connectivity index (χ3n) is 3.68. The zero-order valence-corrected chi connectivity index (χ0v) is 13.6. The maximum atomic E-state index is 9.43. The first-order valence-electron chi connectivity index (χ1n) is 7.65. The van der Waals surface area contributed by atoms with Gasteiger partial charge in [0.05, 0.1) is 0 Å². The molecule has 120 valence electrons. The van der Waals surface area contributed by atoms with Crippen LogP contribution in [0, 0.1) is 13.8 Å². The summed E-state index contributed by atoms with van der Waals surface area (Å²) in [5.74, 6) is 0.493. The van der Waals surface area contributed by atoms with Crippen LogP contribution in [-0.4, -0.2) is 20.2 Å². The van der Waals surface area contributed by atoms with Crippen molar-refractivity contribution in [3.63, 3.8) is 0 Å². The van der Waals surface area contributed by atoms with E-state index < -0.39 is 0 Å². The summed E-state index contributed by atoms with van der Waals surface area (Å²) in [6.45, 7) is 3.82. The fourth-order valence-electron chi connectivity index (χ4n) is 2.46. The van der Waals surface area contributed by atoms with Gasteiger partial charge in [-0.2, -0.15) is 0 Å². The number of aryl methyl sites for hydroxylation is 2. The second kappa shape index (κ2) is 6.54. The molecule has 4 aromatic rings. The van der Waals surface area contributed by atoms with E-state index in [0.29, 0.717) is 11.0 Å². The van der Waals surface area contributed by atoms with Crippen LogP contribution >= 0.6 is 0 Å². The molecule has 0 spiro atoms. The van der Waals surface area contributed by atoms with E-state index in [9.17, 15) is 10.2 Å². The Morgan fingerprint density at radius 2 is 1.00 bits per heavy atom. The van der Waals surface area contributed by atoms with Crippen LogP contribution in [0.15, 0.2) is 60.7 Å². The Bertz CT molecular complexity index is 929. The molecular weight excluding hydrogens is 300 g/mol. The number of aromatic nitrogens is 2. The molecule has 0 unspecified atom stereocenters.